The zero-order valence-electron chi connectivity index (χ0n) is 10.7. The topological polar surface area (TPSA) is 55.1 Å². The minimum atomic E-state index is -4.47. The van der Waals surface area contributed by atoms with E-state index in [0.717, 1.165) is 18.2 Å². The fraction of sp³-hybridized carbons (Fsp3) is 0.385. The van der Waals surface area contributed by atoms with E-state index in [4.69, 9.17) is 5.11 Å². The van der Waals surface area contributed by atoms with Crippen molar-refractivity contribution in [3.05, 3.63) is 39.7 Å². The van der Waals surface area contributed by atoms with Gasteiger partial charge in [0.25, 0.3) is 0 Å². The molecule has 1 N–H and O–H groups in total. The summed E-state index contributed by atoms with van der Waals surface area (Å²) in [5.74, 6) is 0. The van der Waals surface area contributed by atoms with Crippen molar-refractivity contribution < 1.29 is 18.3 Å². The molecule has 0 fully saturated rings. The van der Waals surface area contributed by atoms with Gasteiger partial charge in [0.2, 0.25) is 5.43 Å². The maximum atomic E-state index is 12.7. The van der Waals surface area contributed by atoms with Crippen LogP contribution in [0.2, 0.25) is 0 Å². The Morgan fingerprint density at radius 3 is 2.60 bits per heavy atom. The van der Waals surface area contributed by atoms with Gasteiger partial charge in [-0.25, -0.2) is 0 Å². The Balaban J connectivity index is 2.76. The number of aliphatic hydroxyl groups is 1. The molecular weight excluding hydrogens is 273 g/mol. The van der Waals surface area contributed by atoms with Crippen molar-refractivity contribution in [2.75, 3.05) is 6.61 Å². The van der Waals surface area contributed by atoms with Gasteiger partial charge in [-0.05, 0) is 25.1 Å². The van der Waals surface area contributed by atoms with Crippen LogP contribution in [0.25, 0.3) is 10.9 Å². The second-order valence-corrected chi connectivity index (χ2v) is 4.29. The summed E-state index contributed by atoms with van der Waals surface area (Å²) in [5.41, 5.74) is -0.952. The summed E-state index contributed by atoms with van der Waals surface area (Å²) in [7, 11) is 0. The molecule has 1 aromatic carbocycles. The Labute approximate surface area is 112 Å². The number of fused-ring (bicyclic) bond motifs is 1. The fourth-order valence-electron chi connectivity index (χ4n) is 2.02. The van der Waals surface area contributed by atoms with Crippen molar-refractivity contribution in [1.29, 1.82) is 0 Å². The lowest BCUT2D eigenvalue weighted by Gasteiger charge is -2.12. The lowest BCUT2D eigenvalue weighted by atomic mass is 10.1. The van der Waals surface area contributed by atoms with Crippen molar-refractivity contribution in [2.45, 2.75) is 26.1 Å². The van der Waals surface area contributed by atoms with Crippen LogP contribution in [0.4, 0.5) is 13.2 Å². The molecule has 1 heterocycles. The molecule has 2 aromatic rings. The molecule has 1 aromatic heterocycles. The molecule has 20 heavy (non-hydrogen) atoms. The minimum Gasteiger partial charge on any atom is -0.396 e. The van der Waals surface area contributed by atoms with Crippen LogP contribution in [-0.4, -0.2) is 21.5 Å². The van der Waals surface area contributed by atoms with E-state index in [1.54, 1.807) is 6.92 Å². The van der Waals surface area contributed by atoms with Crippen molar-refractivity contribution in [1.82, 2.24) is 9.78 Å². The predicted octanol–water partition coefficient (Wildman–Crippen LogP) is 1.97. The van der Waals surface area contributed by atoms with Gasteiger partial charge in [0, 0.05) is 25.0 Å². The zero-order valence-corrected chi connectivity index (χ0v) is 10.7. The number of benzene rings is 1. The van der Waals surface area contributed by atoms with Gasteiger partial charge in [0.15, 0.2) is 0 Å². The quantitative estimate of drug-likeness (QED) is 0.938. The highest BCUT2D eigenvalue weighted by atomic mass is 19.4. The minimum absolute atomic E-state index is 0.0792. The average molecular weight is 286 g/mol. The summed E-state index contributed by atoms with van der Waals surface area (Å²) >= 11 is 0. The number of aryl methyl sites for hydroxylation is 1. The summed E-state index contributed by atoms with van der Waals surface area (Å²) in [6.45, 7) is 1.81. The number of aliphatic hydroxyl groups excluding tert-OH is 1. The highest BCUT2D eigenvalue weighted by Gasteiger charge is 2.31. The van der Waals surface area contributed by atoms with E-state index in [2.05, 4.69) is 5.10 Å². The molecule has 0 radical (unpaired) electrons. The van der Waals surface area contributed by atoms with E-state index in [1.807, 2.05) is 0 Å². The fourth-order valence-corrected chi connectivity index (χ4v) is 2.02. The van der Waals surface area contributed by atoms with Gasteiger partial charge in [-0.2, -0.15) is 18.3 Å². The van der Waals surface area contributed by atoms with Gasteiger partial charge in [-0.3, -0.25) is 9.48 Å². The second-order valence-electron chi connectivity index (χ2n) is 4.29. The first kappa shape index (κ1) is 14.5. The third-order valence-electron chi connectivity index (χ3n) is 3.00. The predicted molar refractivity (Wildman–Crippen MR) is 67.5 cm³/mol. The number of rotatable bonds is 3. The van der Waals surface area contributed by atoms with E-state index >= 15 is 0 Å². The van der Waals surface area contributed by atoms with Gasteiger partial charge in [0.1, 0.15) is 5.69 Å². The van der Waals surface area contributed by atoms with Crippen LogP contribution in [0, 0.1) is 0 Å². The molecular formula is C13H13F3N2O2. The summed E-state index contributed by atoms with van der Waals surface area (Å²) in [4.78, 5) is 12.1. The summed E-state index contributed by atoms with van der Waals surface area (Å²) in [6, 6.07) is 2.97. The Kier molecular flexibility index (Phi) is 3.80. The third-order valence-corrected chi connectivity index (χ3v) is 3.00. The Morgan fingerprint density at radius 2 is 2.05 bits per heavy atom. The normalized spacial score (nSPS) is 12.1. The number of hydrogen-bond acceptors (Lipinski definition) is 3. The van der Waals surface area contributed by atoms with Gasteiger partial charge in [-0.1, -0.05) is 0 Å². The maximum Gasteiger partial charge on any atom is 0.416 e. The first-order chi connectivity index (χ1) is 9.38. The molecule has 0 saturated heterocycles. The van der Waals surface area contributed by atoms with Crippen molar-refractivity contribution in [3.8, 4) is 0 Å². The van der Waals surface area contributed by atoms with Crippen molar-refractivity contribution in [2.24, 2.45) is 0 Å². The summed E-state index contributed by atoms with van der Waals surface area (Å²) in [5, 5.41) is 13.1. The van der Waals surface area contributed by atoms with E-state index in [1.165, 1.54) is 4.68 Å². The second kappa shape index (κ2) is 5.24. The van der Waals surface area contributed by atoms with E-state index in [-0.39, 0.29) is 29.6 Å². The van der Waals surface area contributed by atoms with Gasteiger partial charge < -0.3 is 5.11 Å². The van der Waals surface area contributed by atoms with Gasteiger partial charge >= 0.3 is 6.18 Å². The molecule has 0 aliphatic rings. The first-order valence-electron chi connectivity index (χ1n) is 6.10. The lowest BCUT2D eigenvalue weighted by molar-refractivity contribution is -0.137. The van der Waals surface area contributed by atoms with Gasteiger partial charge in [0.05, 0.1) is 11.1 Å². The Hall–Kier alpha value is -1.89. The molecule has 7 heteroatoms. The largest absolute Gasteiger partial charge is 0.416 e. The molecule has 0 spiro atoms. The lowest BCUT2D eigenvalue weighted by Crippen LogP contribution is -2.20. The molecule has 4 nitrogen and oxygen atoms in total. The molecule has 2 rings (SSSR count). The van der Waals surface area contributed by atoms with Crippen molar-refractivity contribution >= 4 is 10.9 Å². The number of hydrogen-bond donors (Lipinski definition) is 1. The van der Waals surface area contributed by atoms with E-state index in [9.17, 15) is 18.0 Å². The summed E-state index contributed by atoms with van der Waals surface area (Å²) < 4.78 is 39.5. The van der Waals surface area contributed by atoms with Gasteiger partial charge in [-0.15, -0.1) is 0 Å². The Bertz CT molecular complexity index is 692. The average Bonchev–Trinajstić information content (AvgIpc) is 2.40. The highest BCUT2D eigenvalue weighted by Crippen LogP contribution is 2.30. The van der Waals surface area contributed by atoms with Crippen LogP contribution in [0.3, 0.4) is 0 Å². The monoisotopic (exact) mass is 286 g/mol. The first-order valence-corrected chi connectivity index (χ1v) is 6.10. The molecule has 0 atom stereocenters. The molecule has 0 amide bonds. The van der Waals surface area contributed by atoms with E-state index in [0.29, 0.717) is 6.54 Å². The number of alkyl halides is 3. The zero-order chi connectivity index (χ0) is 14.9. The highest BCUT2D eigenvalue weighted by molar-refractivity contribution is 5.79. The van der Waals surface area contributed by atoms with Crippen LogP contribution in [-0.2, 0) is 19.1 Å². The summed E-state index contributed by atoms with van der Waals surface area (Å²) in [6.07, 6.45) is -4.39. The molecule has 0 aliphatic carbocycles. The van der Waals surface area contributed by atoms with Crippen LogP contribution in [0.1, 0.15) is 18.2 Å². The molecule has 0 aliphatic heterocycles. The van der Waals surface area contributed by atoms with Crippen LogP contribution in [0.5, 0.6) is 0 Å². The van der Waals surface area contributed by atoms with Crippen molar-refractivity contribution in [3.63, 3.8) is 0 Å². The standard InChI is InChI=1S/C13H13F3N2O2/c1-2-18-11-7-8(13(14,15)16)3-4-9(11)12(20)10(17-18)5-6-19/h3-4,7,19H,2,5-6H2,1H3. The number of nitrogens with zero attached hydrogens (tertiary/aromatic N) is 2. The molecule has 108 valence electrons. The van der Waals surface area contributed by atoms with Crippen LogP contribution in [0.15, 0.2) is 23.0 Å². The molecule has 0 unspecified atom stereocenters. The van der Waals surface area contributed by atoms with Crippen LogP contribution < -0.4 is 5.43 Å². The Morgan fingerprint density at radius 1 is 1.35 bits per heavy atom. The number of halogens is 3. The van der Waals surface area contributed by atoms with Crippen LogP contribution >= 0.6 is 0 Å². The smallest absolute Gasteiger partial charge is 0.396 e. The number of aromatic nitrogens is 2. The third kappa shape index (κ3) is 2.53. The molecule has 0 saturated carbocycles. The maximum absolute atomic E-state index is 12.7. The SMILES string of the molecule is CCn1nc(CCO)c(=O)c2ccc(C(F)(F)F)cc21. The van der Waals surface area contributed by atoms with E-state index < -0.39 is 17.2 Å². The molecule has 0 bridgehead atoms.